The third-order valence-electron chi connectivity index (χ3n) is 1.88. The molecule has 6 heteroatoms. The highest BCUT2D eigenvalue weighted by Crippen LogP contribution is 2.28. The van der Waals surface area contributed by atoms with Crippen molar-refractivity contribution in [1.82, 2.24) is 0 Å². The van der Waals surface area contributed by atoms with Crippen LogP contribution in [0.25, 0.3) is 0 Å². The first-order valence-electron chi connectivity index (χ1n) is 5.05. The molecule has 1 atom stereocenters. The summed E-state index contributed by atoms with van der Waals surface area (Å²) in [4.78, 5) is 0. The Morgan fingerprint density at radius 2 is 2.18 bits per heavy atom. The van der Waals surface area contributed by atoms with Crippen LogP contribution in [0.3, 0.4) is 0 Å². The standard InChI is InChI=1S/C11H14ClF2NOS/c1-7(15)5-17-6-8-4-9(12)2-3-10(8)16-11(13)14/h2-4,7,11H,5-6,15H2,1H3. The minimum atomic E-state index is -2.83. The summed E-state index contributed by atoms with van der Waals surface area (Å²) < 4.78 is 28.8. The van der Waals surface area contributed by atoms with Crippen LogP contribution in [-0.2, 0) is 5.75 Å². The SMILES string of the molecule is CC(N)CSCc1cc(Cl)ccc1OC(F)F. The zero-order valence-corrected chi connectivity index (χ0v) is 10.9. The molecule has 0 amide bonds. The Labute approximate surface area is 108 Å². The molecule has 2 N–H and O–H groups in total. The van der Waals surface area contributed by atoms with Gasteiger partial charge in [-0.2, -0.15) is 20.5 Å². The predicted molar refractivity (Wildman–Crippen MR) is 67.9 cm³/mol. The van der Waals surface area contributed by atoms with Crippen molar-refractivity contribution >= 4 is 23.4 Å². The topological polar surface area (TPSA) is 35.2 Å². The Morgan fingerprint density at radius 1 is 1.47 bits per heavy atom. The maximum atomic E-state index is 12.2. The van der Waals surface area contributed by atoms with Crippen molar-refractivity contribution < 1.29 is 13.5 Å². The van der Waals surface area contributed by atoms with Gasteiger partial charge in [0.15, 0.2) is 0 Å². The molecule has 0 heterocycles. The Balaban J connectivity index is 2.69. The fourth-order valence-corrected chi connectivity index (χ4v) is 2.36. The molecule has 1 unspecified atom stereocenters. The molecule has 0 radical (unpaired) electrons. The normalized spacial score (nSPS) is 12.8. The lowest BCUT2D eigenvalue weighted by atomic mass is 10.2. The number of halogens is 3. The fraction of sp³-hybridized carbons (Fsp3) is 0.455. The maximum absolute atomic E-state index is 12.2. The monoisotopic (exact) mass is 281 g/mol. The van der Waals surface area contributed by atoms with Crippen LogP contribution in [0, 0.1) is 0 Å². The molecule has 0 fully saturated rings. The van der Waals surface area contributed by atoms with Crippen LogP contribution in [-0.4, -0.2) is 18.4 Å². The number of alkyl halides is 2. The minimum Gasteiger partial charge on any atom is -0.435 e. The van der Waals surface area contributed by atoms with Gasteiger partial charge in [-0.25, -0.2) is 0 Å². The Hall–Kier alpha value is -0.520. The number of nitrogens with two attached hydrogens (primary N) is 1. The second-order valence-corrected chi connectivity index (χ2v) is 5.09. The van der Waals surface area contributed by atoms with Crippen LogP contribution in [0.1, 0.15) is 12.5 Å². The van der Waals surface area contributed by atoms with Gasteiger partial charge in [0.25, 0.3) is 0 Å². The van der Waals surface area contributed by atoms with E-state index in [0.717, 1.165) is 5.75 Å². The molecule has 0 spiro atoms. The van der Waals surface area contributed by atoms with Crippen LogP contribution in [0.4, 0.5) is 8.78 Å². The molecule has 0 aliphatic rings. The molecule has 1 aromatic carbocycles. The largest absolute Gasteiger partial charge is 0.435 e. The van der Waals surface area contributed by atoms with E-state index in [9.17, 15) is 8.78 Å². The van der Waals surface area contributed by atoms with Gasteiger partial charge in [0, 0.05) is 28.1 Å². The van der Waals surface area contributed by atoms with Crippen molar-refractivity contribution in [3.8, 4) is 5.75 Å². The summed E-state index contributed by atoms with van der Waals surface area (Å²) in [5.74, 6) is 1.46. The molecule has 0 bridgehead atoms. The van der Waals surface area contributed by atoms with Gasteiger partial charge in [-0.1, -0.05) is 11.6 Å². The number of thioether (sulfide) groups is 1. The average molecular weight is 282 g/mol. The second-order valence-electron chi connectivity index (χ2n) is 3.62. The lowest BCUT2D eigenvalue weighted by molar-refractivity contribution is -0.0503. The molecular formula is C11H14ClF2NOS. The van der Waals surface area contributed by atoms with Crippen molar-refractivity contribution in [1.29, 1.82) is 0 Å². The van der Waals surface area contributed by atoms with E-state index in [1.807, 2.05) is 6.92 Å². The van der Waals surface area contributed by atoms with Crippen molar-refractivity contribution in [3.63, 3.8) is 0 Å². The predicted octanol–water partition coefficient (Wildman–Crippen LogP) is 3.52. The first-order chi connectivity index (χ1) is 7.99. The maximum Gasteiger partial charge on any atom is 0.387 e. The molecular weight excluding hydrogens is 268 g/mol. The number of hydrogen-bond acceptors (Lipinski definition) is 3. The van der Waals surface area contributed by atoms with Gasteiger partial charge in [0.05, 0.1) is 0 Å². The molecule has 0 aromatic heterocycles. The molecule has 0 aliphatic carbocycles. The molecule has 0 saturated heterocycles. The number of rotatable bonds is 6. The summed E-state index contributed by atoms with van der Waals surface area (Å²) in [7, 11) is 0. The molecule has 0 aliphatic heterocycles. The van der Waals surface area contributed by atoms with Gasteiger partial charge in [-0.3, -0.25) is 0 Å². The third-order valence-corrected chi connectivity index (χ3v) is 3.39. The van der Waals surface area contributed by atoms with Gasteiger partial charge >= 0.3 is 6.61 Å². The zero-order chi connectivity index (χ0) is 12.8. The molecule has 0 saturated carbocycles. The van der Waals surface area contributed by atoms with Gasteiger partial charge in [0.2, 0.25) is 0 Å². The highest BCUT2D eigenvalue weighted by atomic mass is 35.5. The summed E-state index contributed by atoms with van der Waals surface area (Å²) >= 11 is 7.37. The number of benzene rings is 1. The molecule has 17 heavy (non-hydrogen) atoms. The summed E-state index contributed by atoms with van der Waals surface area (Å²) in [5.41, 5.74) is 6.26. The van der Waals surface area contributed by atoms with E-state index in [2.05, 4.69) is 4.74 Å². The lowest BCUT2D eigenvalue weighted by Gasteiger charge is -2.11. The van der Waals surface area contributed by atoms with E-state index < -0.39 is 6.61 Å². The molecule has 1 rings (SSSR count). The van der Waals surface area contributed by atoms with E-state index in [0.29, 0.717) is 16.3 Å². The van der Waals surface area contributed by atoms with Gasteiger partial charge in [-0.05, 0) is 25.1 Å². The lowest BCUT2D eigenvalue weighted by Crippen LogP contribution is -2.17. The van der Waals surface area contributed by atoms with Crippen LogP contribution in [0.15, 0.2) is 18.2 Å². The van der Waals surface area contributed by atoms with Gasteiger partial charge < -0.3 is 10.5 Å². The summed E-state index contributed by atoms with van der Waals surface area (Å²) in [6, 6.07) is 4.68. The minimum absolute atomic E-state index is 0.0682. The van der Waals surface area contributed by atoms with E-state index in [4.69, 9.17) is 17.3 Å². The molecule has 96 valence electrons. The van der Waals surface area contributed by atoms with E-state index in [1.165, 1.54) is 12.1 Å². The third kappa shape index (κ3) is 5.57. The fourth-order valence-electron chi connectivity index (χ4n) is 1.23. The highest BCUT2D eigenvalue weighted by molar-refractivity contribution is 7.98. The van der Waals surface area contributed by atoms with Crippen molar-refractivity contribution in [2.45, 2.75) is 25.3 Å². The highest BCUT2D eigenvalue weighted by Gasteiger charge is 2.10. The van der Waals surface area contributed by atoms with Crippen LogP contribution < -0.4 is 10.5 Å². The van der Waals surface area contributed by atoms with Gasteiger partial charge in [0.1, 0.15) is 5.75 Å². The summed E-state index contributed by atoms with van der Waals surface area (Å²) in [6.45, 7) is -0.935. The molecule has 1 aromatic rings. The van der Waals surface area contributed by atoms with E-state index in [1.54, 1.807) is 17.8 Å². The van der Waals surface area contributed by atoms with Crippen molar-refractivity contribution in [2.75, 3.05) is 5.75 Å². The van der Waals surface area contributed by atoms with Crippen LogP contribution >= 0.6 is 23.4 Å². The average Bonchev–Trinajstić information content (AvgIpc) is 2.21. The summed E-state index contributed by atoms with van der Waals surface area (Å²) in [6.07, 6.45) is 0. The van der Waals surface area contributed by atoms with E-state index >= 15 is 0 Å². The van der Waals surface area contributed by atoms with E-state index in [-0.39, 0.29) is 11.8 Å². The first kappa shape index (κ1) is 14.5. The van der Waals surface area contributed by atoms with Crippen molar-refractivity contribution in [3.05, 3.63) is 28.8 Å². The zero-order valence-electron chi connectivity index (χ0n) is 9.33. The first-order valence-corrected chi connectivity index (χ1v) is 6.59. The Kier molecular flexibility index (Phi) is 6.02. The number of hydrogen-bond donors (Lipinski definition) is 1. The number of ether oxygens (including phenoxy) is 1. The van der Waals surface area contributed by atoms with Gasteiger partial charge in [-0.15, -0.1) is 0 Å². The van der Waals surface area contributed by atoms with Crippen molar-refractivity contribution in [2.24, 2.45) is 5.73 Å². The van der Waals surface area contributed by atoms with Crippen LogP contribution in [0.2, 0.25) is 5.02 Å². The quantitative estimate of drug-likeness (QED) is 0.866. The van der Waals surface area contributed by atoms with Crippen LogP contribution in [0.5, 0.6) is 5.75 Å². The Morgan fingerprint density at radius 3 is 2.76 bits per heavy atom. The smallest absolute Gasteiger partial charge is 0.387 e. The second kappa shape index (κ2) is 7.03. The molecule has 2 nitrogen and oxygen atoms in total. The summed E-state index contributed by atoms with van der Waals surface area (Å²) in [5, 5.41) is 0.503. The Bertz CT molecular complexity index is 363.